The van der Waals surface area contributed by atoms with Gasteiger partial charge in [0.2, 0.25) is 10.0 Å². The molecule has 0 saturated carbocycles. The van der Waals surface area contributed by atoms with Crippen molar-refractivity contribution in [1.29, 1.82) is 0 Å². The molecule has 3 aromatic rings. The van der Waals surface area contributed by atoms with Crippen LogP contribution in [0.5, 0.6) is 0 Å². The quantitative estimate of drug-likeness (QED) is 0.269. The summed E-state index contributed by atoms with van der Waals surface area (Å²) in [5.41, 5.74) is 1.98. The number of rotatable bonds is 7. The lowest BCUT2D eigenvalue weighted by Crippen LogP contribution is -2.66. The highest BCUT2D eigenvalue weighted by molar-refractivity contribution is 7.89. The molecular formula is C32H39NO3SSi. The van der Waals surface area contributed by atoms with E-state index in [4.69, 9.17) is 4.43 Å². The molecule has 6 heteroatoms. The maximum absolute atomic E-state index is 13.6. The van der Waals surface area contributed by atoms with Crippen LogP contribution in [0.25, 0.3) is 0 Å². The second kappa shape index (κ2) is 11.0. The molecule has 0 unspecified atom stereocenters. The fourth-order valence-corrected chi connectivity index (χ4v) is 11.1. The molecule has 0 saturated heterocycles. The highest BCUT2D eigenvalue weighted by Gasteiger charge is 2.52. The maximum atomic E-state index is 13.6. The van der Waals surface area contributed by atoms with E-state index < -0.39 is 18.3 Å². The number of hydrogen-bond acceptors (Lipinski definition) is 3. The first-order valence-electron chi connectivity index (χ1n) is 13.2. The van der Waals surface area contributed by atoms with Crippen molar-refractivity contribution in [2.45, 2.75) is 51.0 Å². The van der Waals surface area contributed by atoms with Crippen molar-refractivity contribution in [2.24, 2.45) is 5.92 Å². The molecule has 3 aromatic carbocycles. The largest absolute Gasteiger partial charge is 0.537 e. The Morgan fingerprint density at radius 3 is 1.92 bits per heavy atom. The van der Waals surface area contributed by atoms with Gasteiger partial charge in [-0.25, -0.2) is 8.42 Å². The zero-order chi connectivity index (χ0) is 27.6. The zero-order valence-electron chi connectivity index (χ0n) is 23.1. The van der Waals surface area contributed by atoms with Gasteiger partial charge in [0, 0.05) is 25.4 Å². The molecule has 200 valence electrons. The molecule has 0 radical (unpaired) electrons. The Kier molecular flexibility index (Phi) is 8.16. The van der Waals surface area contributed by atoms with E-state index in [9.17, 15) is 8.42 Å². The molecule has 1 heterocycles. The van der Waals surface area contributed by atoms with E-state index in [1.54, 1.807) is 16.4 Å². The Labute approximate surface area is 229 Å². The van der Waals surface area contributed by atoms with Gasteiger partial charge >= 0.3 is 8.32 Å². The SMILES string of the molecule is C=C(C)[C@@H]1CC(O[Si](c2ccccc2)(c2ccccc2)C(C)(C)C)=CCN(S(=O)(=O)c2ccc(C)cc2)C1. The minimum absolute atomic E-state index is 0.0535. The minimum Gasteiger partial charge on any atom is -0.537 e. The summed E-state index contributed by atoms with van der Waals surface area (Å²) in [6.07, 6.45) is 2.59. The lowest BCUT2D eigenvalue weighted by molar-refractivity contribution is 0.349. The summed E-state index contributed by atoms with van der Waals surface area (Å²) in [7, 11) is -6.49. The fourth-order valence-electron chi connectivity index (χ4n) is 5.23. The van der Waals surface area contributed by atoms with Gasteiger partial charge in [-0.15, -0.1) is 0 Å². The third kappa shape index (κ3) is 5.58. The summed E-state index contributed by atoms with van der Waals surface area (Å²) in [6.45, 7) is 15.5. The lowest BCUT2D eigenvalue weighted by atomic mass is 9.98. The third-order valence-electron chi connectivity index (χ3n) is 7.45. The van der Waals surface area contributed by atoms with E-state index in [2.05, 4.69) is 75.9 Å². The summed E-state index contributed by atoms with van der Waals surface area (Å²) in [4.78, 5) is 0.313. The highest BCUT2D eigenvalue weighted by Crippen LogP contribution is 2.40. The molecule has 4 nitrogen and oxygen atoms in total. The first kappa shape index (κ1) is 28.1. The average Bonchev–Trinajstić information content (AvgIpc) is 3.11. The number of nitrogens with zero attached hydrogens (tertiary/aromatic N) is 1. The van der Waals surface area contributed by atoms with Gasteiger partial charge in [-0.2, -0.15) is 4.31 Å². The summed E-state index contributed by atoms with van der Waals surface area (Å²) < 4.78 is 36.2. The fraction of sp³-hybridized carbons (Fsp3) is 0.312. The van der Waals surface area contributed by atoms with E-state index in [1.807, 2.05) is 44.2 Å². The lowest BCUT2D eigenvalue weighted by Gasteiger charge is -2.43. The molecule has 38 heavy (non-hydrogen) atoms. The molecule has 1 atom stereocenters. The molecule has 0 aliphatic carbocycles. The summed E-state index contributed by atoms with van der Waals surface area (Å²) in [5, 5.41) is 2.20. The van der Waals surface area contributed by atoms with Crippen LogP contribution in [0, 0.1) is 12.8 Å². The van der Waals surface area contributed by atoms with Crippen LogP contribution < -0.4 is 10.4 Å². The molecule has 0 fully saturated rings. The summed E-state index contributed by atoms with van der Waals surface area (Å²) in [6, 6.07) is 28.1. The first-order valence-corrected chi connectivity index (χ1v) is 16.5. The monoisotopic (exact) mass is 545 g/mol. The Morgan fingerprint density at radius 1 is 0.921 bits per heavy atom. The normalized spacial score (nSPS) is 17.4. The van der Waals surface area contributed by atoms with Crippen LogP contribution in [0.15, 0.2) is 114 Å². The van der Waals surface area contributed by atoms with Crippen molar-refractivity contribution in [3.05, 3.63) is 114 Å². The number of sulfonamides is 1. The molecule has 1 aliphatic rings. The standard InChI is InChI=1S/C32H39NO3SSi/c1-25(2)27-23-28(21-22-33(24-27)37(34,35)29-19-17-26(3)18-20-29)36-38(32(4,5)6,30-13-9-7-10-14-30)31-15-11-8-12-16-31/h7-21,27H,1,22-24H2,2-6H3/t27-/m1/s1. The number of aryl methyl sites for hydroxylation is 1. The van der Waals surface area contributed by atoms with Gasteiger partial charge in [0.05, 0.1) is 10.7 Å². The van der Waals surface area contributed by atoms with E-state index in [0.717, 1.165) is 16.9 Å². The van der Waals surface area contributed by atoms with Gasteiger partial charge in [-0.05, 0) is 47.5 Å². The molecule has 4 rings (SSSR count). The Balaban J connectivity index is 1.80. The molecule has 0 spiro atoms. The number of hydrogen-bond donors (Lipinski definition) is 0. The molecule has 0 bridgehead atoms. The second-order valence-corrected chi connectivity index (χ2v) is 17.5. The zero-order valence-corrected chi connectivity index (χ0v) is 25.0. The minimum atomic E-state index is -3.66. The van der Waals surface area contributed by atoms with Crippen molar-refractivity contribution in [3.8, 4) is 0 Å². The van der Waals surface area contributed by atoms with E-state index in [1.165, 1.54) is 10.4 Å². The Hall–Kier alpha value is -2.93. The van der Waals surface area contributed by atoms with Gasteiger partial charge in [0.15, 0.2) is 0 Å². The second-order valence-electron chi connectivity index (χ2n) is 11.3. The van der Waals surface area contributed by atoms with Crippen LogP contribution >= 0.6 is 0 Å². The van der Waals surface area contributed by atoms with Crippen LogP contribution in [-0.4, -0.2) is 34.1 Å². The smallest absolute Gasteiger partial charge is 0.319 e. The van der Waals surface area contributed by atoms with E-state index >= 15 is 0 Å². The molecule has 0 N–H and O–H groups in total. The molecule has 0 aromatic heterocycles. The van der Waals surface area contributed by atoms with Crippen LogP contribution in [0.1, 0.15) is 39.7 Å². The molecule has 0 amide bonds. The topological polar surface area (TPSA) is 46.6 Å². The van der Waals surface area contributed by atoms with Crippen molar-refractivity contribution in [1.82, 2.24) is 4.31 Å². The van der Waals surface area contributed by atoms with Crippen LogP contribution in [0.3, 0.4) is 0 Å². The summed E-state index contributed by atoms with van der Waals surface area (Å²) in [5.74, 6) is 0.788. The van der Waals surface area contributed by atoms with Gasteiger partial charge < -0.3 is 4.43 Å². The van der Waals surface area contributed by atoms with Crippen molar-refractivity contribution >= 4 is 28.7 Å². The Bertz CT molecular complexity index is 1350. The highest BCUT2D eigenvalue weighted by atomic mass is 32.2. The van der Waals surface area contributed by atoms with Gasteiger partial charge in [0.1, 0.15) is 0 Å². The van der Waals surface area contributed by atoms with Crippen LogP contribution in [-0.2, 0) is 14.4 Å². The van der Waals surface area contributed by atoms with Gasteiger partial charge in [-0.1, -0.05) is 111 Å². The maximum Gasteiger partial charge on any atom is 0.319 e. The van der Waals surface area contributed by atoms with Crippen molar-refractivity contribution < 1.29 is 12.8 Å². The van der Waals surface area contributed by atoms with Gasteiger partial charge in [-0.3, -0.25) is 0 Å². The van der Waals surface area contributed by atoms with Crippen molar-refractivity contribution in [2.75, 3.05) is 13.1 Å². The summed E-state index contributed by atoms with van der Waals surface area (Å²) >= 11 is 0. The van der Waals surface area contributed by atoms with Crippen LogP contribution in [0.4, 0.5) is 0 Å². The van der Waals surface area contributed by atoms with E-state index in [-0.39, 0.29) is 17.5 Å². The average molecular weight is 546 g/mol. The number of allylic oxidation sites excluding steroid dienone is 1. The first-order chi connectivity index (χ1) is 17.9. The predicted octanol–water partition coefficient (Wildman–Crippen LogP) is 6.04. The third-order valence-corrected chi connectivity index (χ3v) is 14.3. The van der Waals surface area contributed by atoms with Crippen molar-refractivity contribution in [3.63, 3.8) is 0 Å². The van der Waals surface area contributed by atoms with E-state index in [0.29, 0.717) is 17.9 Å². The van der Waals surface area contributed by atoms with Crippen LogP contribution in [0.2, 0.25) is 5.04 Å². The predicted molar refractivity (Wildman–Crippen MR) is 160 cm³/mol. The molecular weight excluding hydrogens is 507 g/mol. The number of benzene rings is 3. The Morgan fingerprint density at radius 2 is 1.45 bits per heavy atom. The van der Waals surface area contributed by atoms with Gasteiger partial charge in [0.25, 0.3) is 0 Å². The molecule has 1 aliphatic heterocycles.